The van der Waals surface area contributed by atoms with E-state index in [4.69, 9.17) is 25.4 Å². The van der Waals surface area contributed by atoms with Crippen molar-refractivity contribution >= 4 is 59.2 Å². The predicted molar refractivity (Wildman–Crippen MR) is 118 cm³/mol. The van der Waals surface area contributed by atoms with Gasteiger partial charge in [0.2, 0.25) is 0 Å². The Morgan fingerprint density at radius 2 is 1.54 bits per heavy atom. The standard InChI is InChI=1S/C23H16B2N2O/c1-2-28-20-6-4-3-5-17(20)23-26-21-18-11-13(24)7-9-15(18)16-10-8-14(25)12-19(16)22(21)27-23/h3-12H,2H2,1H3,(H,26,27). The molecule has 28 heavy (non-hydrogen) atoms. The Labute approximate surface area is 165 Å². The lowest BCUT2D eigenvalue weighted by atomic mass is 9.88. The first-order chi connectivity index (χ1) is 13.7. The fourth-order valence-corrected chi connectivity index (χ4v) is 3.83. The number of para-hydroxylation sites is 1. The molecule has 0 saturated heterocycles. The van der Waals surface area contributed by atoms with E-state index in [1.165, 1.54) is 0 Å². The van der Waals surface area contributed by atoms with Crippen LogP contribution >= 0.6 is 0 Å². The Hall–Kier alpha value is -3.20. The monoisotopic (exact) mass is 358 g/mol. The summed E-state index contributed by atoms with van der Waals surface area (Å²) < 4.78 is 5.80. The van der Waals surface area contributed by atoms with Gasteiger partial charge in [0, 0.05) is 10.8 Å². The zero-order valence-electron chi connectivity index (χ0n) is 15.5. The summed E-state index contributed by atoms with van der Waals surface area (Å²) in [5, 5.41) is 4.28. The molecule has 0 unspecified atom stereocenters. The van der Waals surface area contributed by atoms with Gasteiger partial charge in [0.1, 0.15) is 27.3 Å². The minimum absolute atomic E-state index is 0.593. The minimum Gasteiger partial charge on any atom is -0.493 e. The molecule has 130 valence electrons. The average molecular weight is 358 g/mol. The second-order valence-electron chi connectivity index (χ2n) is 6.85. The van der Waals surface area contributed by atoms with E-state index in [1.807, 2.05) is 61.5 Å². The van der Waals surface area contributed by atoms with E-state index >= 15 is 0 Å². The molecule has 0 amide bonds. The van der Waals surface area contributed by atoms with E-state index in [9.17, 15) is 0 Å². The number of rotatable bonds is 3. The molecular formula is C23H16B2N2O. The van der Waals surface area contributed by atoms with Crippen LogP contribution in [-0.4, -0.2) is 32.3 Å². The highest BCUT2D eigenvalue weighted by Gasteiger charge is 2.16. The number of imidazole rings is 1. The molecule has 4 radical (unpaired) electrons. The summed E-state index contributed by atoms with van der Waals surface area (Å²) in [7, 11) is 12.2. The second kappa shape index (κ2) is 6.45. The van der Waals surface area contributed by atoms with Gasteiger partial charge in [-0.3, -0.25) is 0 Å². The van der Waals surface area contributed by atoms with Crippen LogP contribution in [0.4, 0.5) is 0 Å². The Morgan fingerprint density at radius 3 is 2.29 bits per heavy atom. The van der Waals surface area contributed by atoms with Crippen LogP contribution in [0.5, 0.6) is 5.75 Å². The molecule has 0 bridgehead atoms. The number of ether oxygens (including phenoxy) is 1. The van der Waals surface area contributed by atoms with Crippen molar-refractivity contribution in [2.24, 2.45) is 0 Å². The van der Waals surface area contributed by atoms with E-state index in [-0.39, 0.29) is 0 Å². The number of nitrogens with zero attached hydrogens (tertiary/aromatic N) is 1. The number of benzene rings is 4. The highest BCUT2D eigenvalue weighted by Crippen LogP contribution is 2.36. The van der Waals surface area contributed by atoms with Crippen molar-refractivity contribution in [2.45, 2.75) is 6.92 Å². The van der Waals surface area contributed by atoms with Crippen molar-refractivity contribution in [3.8, 4) is 17.1 Å². The zero-order valence-corrected chi connectivity index (χ0v) is 15.5. The topological polar surface area (TPSA) is 37.9 Å². The summed E-state index contributed by atoms with van der Waals surface area (Å²) in [5.74, 6) is 1.56. The number of H-pyrrole nitrogens is 1. The summed E-state index contributed by atoms with van der Waals surface area (Å²) in [6, 6.07) is 19.8. The average Bonchev–Trinajstić information content (AvgIpc) is 3.14. The first kappa shape index (κ1) is 16.9. The smallest absolute Gasteiger partial charge is 0.142 e. The summed E-state index contributed by atoms with van der Waals surface area (Å²) in [6.45, 7) is 2.57. The molecule has 4 aromatic carbocycles. The predicted octanol–water partition coefficient (Wildman–Crippen LogP) is 3.52. The summed E-state index contributed by atoms with van der Waals surface area (Å²) in [4.78, 5) is 8.45. The summed E-state index contributed by atoms with van der Waals surface area (Å²) in [5.41, 5.74) is 4.18. The summed E-state index contributed by atoms with van der Waals surface area (Å²) >= 11 is 0. The molecule has 5 rings (SSSR count). The third-order valence-corrected chi connectivity index (χ3v) is 5.05. The molecule has 0 aliphatic heterocycles. The van der Waals surface area contributed by atoms with E-state index in [0.717, 1.165) is 55.2 Å². The van der Waals surface area contributed by atoms with Crippen molar-refractivity contribution in [1.82, 2.24) is 9.97 Å². The maximum absolute atomic E-state index is 6.09. The zero-order chi connectivity index (χ0) is 19.3. The number of hydrogen-bond donors (Lipinski definition) is 1. The van der Waals surface area contributed by atoms with Crippen molar-refractivity contribution in [3.63, 3.8) is 0 Å². The van der Waals surface area contributed by atoms with Crippen molar-refractivity contribution < 1.29 is 4.74 Å². The van der Waals surface area contributed by atoms with Crippen LogP contribution in [0.3, 0.4) is 0 Å². The molecule has 0 aliphatic rings. The van der Waals surface area contributed by atoms with Crippen LogP contribution in [0.2, 0.25) is 0 Å². The van der Waals surface area contributed by atoms with Gasteiger partial charge in [-0.15, -0.1) is 0 Å². The van der Waals surface area contributed by atoms with Crippen LogP contribution in [-0.2, 0) is 0 Å². The largest absolute Gasteiger partial charge is 0.493 e. The molecule has 1 aromatic heterocycles. The fourth-order valence-electron chi connectivity index (χ4n) is 3.83. The van der Waals surface area contributed by atoms with Crippen LogP contribution in [0.15, 0.2) is 60.7 Å². The number of hydrogen-bond acceptors (Lipinski definition) is 2. The van der Waals surface area contributed by atoms with Crippen LogP contribution in [0, 0.1) is 0 Å². The third kappa shape index (κ3) is 2.58. The number of aromatic amines is 1. The quantitative estimate of drug-likeness (QED) is 0.396. The maximum Gasteiger partial charge on any atom is 0.142 e. The second-order valence-corrected chi connectivity index (χ2v) is 6.85. The van der Waals surface area contributed by atoms with Crippen molar-refractivity contribution in [1.29, 1.82) is 0 Å². The van der Waals surface area contributed by atoms with E-state index in [1.54, 1.807) is 0 Å². The van der Waals surface area contributed by atoms with E-state index in [0.29, 0.717) is 12.1 Å². The van der Waals surface area contributed by atoms with E-state index < -0.39 is 0 Å². The molecular weight excluding hydrogens is 342 g/mol. The van der Waals surface area contributed by atoms with Crippen LogP contribution in [0.25, 0.3) is 44.0 Å². The van der Waals surface area contributed by atoms with Gasteiger partial charge in [-0.05, 0) is 29.8 Å². The molecule has 0 spiro atoms. The van der Waals surface area contributed by atoms with Gasteiger partial charge in [-0.2, -0.15) is 0 Å². The van der Waals surface area contributed by atoms with Gasteiger partial charge in [0.15, 0.2) is 0 Å². The Bertz CT molecular complexity index is 1280. The Morgan fingerprint density at radius 1 is 0.857 bits per heavy atom. The molecule has 1 heterocycles. The molecule has 0 aliphatic carbocycles. The molecule has 1 N–H and O–H groups in total. The Balaban J connectivity index is 1.91. The van der Waals surface area contributed by atoms with Gasteiger partial charge >= 0.3 is 0 Å². The number of aromatic nitrogens is 2. The lowest BCUT2D eigenvalue weighted by Gasteiger charge is -2.08. The van der Waals surface area contributed by atoms with Crippen LogP contribution in [0.1, 0.15) is 6.92 Å². The van der Waals surface area contributed by atoms with Gasteiger partial charge < -0.3 is 9.72 Å². The highest BCUT2D eigenvalue weighted by molar-refractivity contribution is 6.37. The molecule has 0 fully saturated rings. The van der Waals surface area contributed by atoms with Crippen molar-refractivity contribution in [2.75, 3.05) is 6.61 Å². The molecule has 3 nitrogen and oxygen atoms in total. The first-order valence-corrected chi connectivity index (χ1v) is 9.28. The van der Waals surface area contributed by atoms with Gasteiger partial charge in [0.25, 0.3) is 0 Å². The van der Waals surface area contributed by atoms with Gasteiger partial charge in [-0.25, -0.2) is 4.98 Å². The molecule has 0 atom stereocenters. The maximum atomic E-state index is 6.09. The lowest BCUT2D eigenvalue weighted by molar-refractivity contribution is 0.341. The van der Waals surface area contributed by atoms with E-state index in [2.05, 4.69) is 11.1 Å². The van der Waals surface area contributed by atoms with Crippen LogP contribution < -0.4 is 15.7 Å². The Kier molecular flexibility index (Phi) is 3.90. The first-order valence-electron chi connectivity index (χ1n) is 9.28. The van der Waals surface area contributed by atoms with Crippen molar-refractivity contribution in [3.05, 3.63) is 60.7 Å². The summed E-state index contributed by atoms with van der Waals surface area (Å²) in [6.07, 6.45) is 0. The lowest BCUT2D eigenvalue weighted by Crippen LogP contribution is -2.02. The number of fused-ring (bicyclic) bond motifs is 6. The SMILES string of the molecule is [B]c1ccc2c3ccc([B])cc3c3[nH]c(-c4ccccc4OCC)nc3c2c1. The highest BCUT2D eigenvalue weighted by atomic mass is 16.5. The molecule has 5 aromatic rings. The third-order valence-electron chi connectivity index (χ3n) is 5.05. The normalized spacial score (nSPS) is 11.5. The van der Waals surface area contributed by atoms with Gasteiger partial charge in [-0.1, -0.05) is 59.5 Å². The fraction of sp³-hybridized carbons (Fsp3) is 0.0870. The molecule has 0 saturated carbocycles. The number of nitrogens with one attached hydrogen (secondary N) is 1. The minimum atomic E-state index is 0.593. The molecule has 5 heteroatoms. The van der Waals surface area contributed by atoms with Gasteiger partial charge in [0.05, 0.1) is 23.2 Å².